The average Bonchev–Trinajstić information content (AvgIpc) is 2.71. The van der Waals surface area contributed by atoms with Crippen LogP contribution in [0.25, 0.3) is 0 Å². The smallest absolute Gasteiger partial charge is 0.430 e. The van der Waals surface area contributed by atoms with E-state index < -0.39 is 32.1 Å². The molecule has 33 heavy (non-hydrogen) atoms. The van der Waals surface area contributed by atoms with E-state index >= 15 is 0 Å². The minimum Gasteiger partial charge on any atom is -0.430 e. The molecule has 0 spiro atoms. The van der Waals surface area contributed by atoms with Crippen LogP contribution in [0.5, 0.6) is 0 Å². The van der Waals surface area contributed by atoms with E-state index in [4.69, 9.17) is 13.9 Å². The van der Waals surface area contributed by atoms with Crippen LogP contribution < -0.4 is 0 Å². The van der Waals surface area contributed by atoms with Gasteiger partial charge in [0, 0.05) is 24.1 Å². The van der Waals surface area contributed by atoms with Crippen LogP contribution in [-0.4, -0.2) is 54.2 Å². The van der Waals surface area contributed by atoms with Gasteiger partial charge in [0.25, 0.3) is 5.69 Å². The number of nitro benzene ring substituents is 1. The first kappa shape index (κ1) is 26.8. The molecule has 1 aliphatic heterocycles. The van der Waals surface area contributed by atoms with E-state index in [2.05, 4.69) is 0 Å². The van der Waals surface area contributed by atoms with Gasteiger partial charge in [-0.1, -0.05) is 20.8 Å². The monoisotopic (exact) mass is 497 g/mol. The largest absolute Gasteiger partial charge is 0.508 e. The second-order valence-corrected chi connectivity index (χ2v) is 12.1. The molecule has 0 unspecified atom stereocenters. The van der Waals surface area contributed by atoms with E-state index in [1.165, 1.54) is 28.6 Å². The molecule has 3 atom stereocenters. The van der Waals surface area contributed by atoms with Crippen molar-refractivity contribution in [3.8, 4) is 0 Å². The summed E-state index contributed by atoms with van der Waals surface area (Å²) in [6.45, 7) is 11.1. The normalized spacial score (nSPS) is 19.1. The molecule has 1 aromatic carbocycles. The van der Waals surface area contributed by atoms with Crippen molar-refractivity contribution >= 4 is 43.9 Å². The second-order valence-electron chi connectivity index (χ2n) is 8.95. The highest BCUT2D eigenvalue weighted by Gasteiger charge is 2.57. The molecular weight excluding hydrogens is 468 g/mol. The predicted molar refractivity (Wildman–Crippen MR) is 123 cm³/mol. The molecule has 0 N–H and O–H groups in total. The van der Waals surface area contributed by atoms with Crippen molar-refractivity contribution in [3.63, 3.8) is 0 Å². The second kappa shape index (κ2) is 11.1. The molecule has 0 saturated carbocycles. The third-order valence-electron chi connectivity index (χ3n) is 4.95. The van der Waals surface area contributed by atoms with E-state index in [0.29, 0.717) is 5.56 Å². The lowest BCUT2D eigenvalue weighted by Crippen LogP contribution is -2.66. The number of hydrogen-bond acceptors (Lipinski definition) is 9. The number of ether oxygens (including phenoxy) is 2. The number of hydrogen-bond donors (Lipinski definition) is 0. The van der Waals surface area contributed by atoms with Crippen LogP contribution in [0.2, 0.25) is 13.1 Å². The summed E-state index contributed by atoms with van der Waals surface area (Å²) in [6, 6.07) is 5.27. The minimum absolute atomic E-state index is 0.0572. The molecule has 10 nitrogen and oxygen atoms in total. The van der Waals surface area contributed by atoms with Crippen molar-refractivity contribution in [1.29, 1.82) is 0 Å². The van der Waals surface area contributed by atoms with Crippen LogP contribution in [0.3, 0.4) is 0 Å². The van der Waals surface area contributed by atoms with Crippen molar-refractivity contribution in [2.24, 2.45) is 11.3 Å². The van der Waals surface area contributed by atoms with Crippen LogP contribution >= 0.6 is 11.9 Å². The van der Waals surface area contributed by atoms with Gasteiger partial charge >= 0.3 is 6.16 Å². The Kier molecular flexibility index (Phi) is 9.03. The maximum atomic E-state index is 12.8. The van der Waals surface area contributed by atoms with Crippen molar-refractivity contribution < 1.29 is 33.2 Å². The Hall–Kier alpha value is -2.44. The quantitative estimate of drug-likeness (QED) is 0.124. The van der Waals surface area contributed by atoms with Crippen molar-refractivity contribution in [1.82, 2.24) is 4.31 Å². The molecule has 0 aliphatic carbocycles. The number of rotatable bonds is 9. The van der Waals surface area contributed by atoms with Gasteiger partial charge in [-0.2, -0.15) is 0 Å². The molecule has 12 heteroatoms. The minimum atomic E-state index is -1.02. The Morgan fingerprint density at radius 3 is 2.36 bits per heavy atom. The summed E-state index contributed by atoms with van der Waals surface area (Å²) in [7, 11) is -1.02. The lowest BCUT2D eigenvalue weighted by atomic mass is 9.71. The molecule has 0 bridgehead atoms. The number of β-lactam (4-membered cyclic amide) rings is 1. The maximum Gasteiger partial charge on any atom is 0.508 e. The molecule has 1 amide bonds. The fourth-order valence-electron chi connectivity index (χ4n) is 3.39. The Balaban J connectivity index is 1.94. The molecule has 181 valence electrons. The number of carbonyl (C=O) groups excluding carboxylic acids is 3. The van der Waals surface area contributed by atoms with E-state index in [9.17, 15) is 24.5 Å². The first-order chi connectivity index (χ1) is 15.3. The molecule has 2 rings (SSSR count). The molecule has 1 radical (unpaired) electrons. The zero-order chi connectivity index (χ0) is 24.9. The highest BCUT2D eigenvalue weighted by Crippen LogP contribution is 2.45. The zero-order valence-corrected chi connectivity index (χ0v) is 21.3. The van der Waals surface area contributed by atoms with Gasteiger partial charge < -0.3 is 13.9 Å². The number of nitro groups is 1. The Bertz CT molecular complexity index is 887. The number of benzene rings is 1. The number of amides is 1. The molecule has 1 aromatic rings. The topological polar surface area (TPSA) is 125 Å². The summed E-state index contributed by atoms with van der Waals surface area (Å²) in [5.74, 6) is -0.905. The third-order valence-corrected chi connectivity index (χ3v) is 6.60. The van der Waals surface area contributed by atoms with Crippen LogP contribution in [0.1, 0.15) is 33.3 Å². The Morgan fingerprint density at radius 1 is 1.24 bits per heavy atom. The van der Waals surface area contributed by atoms with Gasteiger partial charge in [0.15, 0.2) is 0 Å². The van der Waals surface area contributed by atoms with Gasteiger partial charge in [0.1, 0.15) is 19.3 Å². The SMILES string of the molecule is C[C@@H](OC(=O)OCc1ccc([N+](=O)[O-])cc1)[C@H]1C(=O)N(SC(=O)CO[Si](C)C)[C@H]1C(C)(C)C. The number of nitrogens with zero attached hydrogens (tertiary/aromatic N) is 2. The Labute approximate surface area is 198 Å². The van der Waals surface area contributed by atoms with Gasteiger partial charge in [0.2, 0.25) is 20.1 Å². The van der Waals surface area contributed by atoms with E-state index in [1.807, 2.05) is 33.9 Å². The molecular formula is C21H29N2O8SSi. The van der Waals surface area contributed by atoms with E-state index in [1.54, 1.807) is 6.92 Å². The predicted octanol–water partition coefficient (Wildman–Crippen LogP) is 3.95. The van der Waals surface area contributed by atoms with Crippen molar-refractivity contribution in [2.45, 2.75) is 59.5 Å². The molecule has 0 aromatic heterocycles. The number of non-ortho nitro benzene ring substituents is 1. The van der Waals surface area contributed by atoms with Crippen LogP contribution in [0.4, 0.5) is 10.5 Å². The van der Waals surface area contributed by atoms with Crippen LogP contribution in [0, 0.1) is 21.4 Å². The number of carbonyl (C=O) groups is 3. The molecule has 1 heterocycles. The first-order valence-electron chi connectivity index (χ1n) is 10.3. The summed E-state index contributed by atoms with van der Waals surface area (Å²) in [5.41, 5.74) is 0.131. The summed E-state index contributed by atoms with van der Waals surface area (Å²) in [6.07, 6.45) is -1.71. The lowest BCUT2D eigenvalue weighted by Gasteiger charge is -2.53. The summed E-state index contributed by atoms with van der Waals surface area (Å²) < 4.78 is 17.3. The van der Waals surface area contributed by atoms with E-state index in [0.717, 1.165) is 11.9 Å². The highest BCUT2D eigenvalue weighted by molar-refractivity contribution is 8.12. The summed E-state index contributed by atoms with van der Waals surface area (Å²) in [4.78, 5) is 47.4. The average molecular weight is 498 g/mol. The van der Waals surface area contributed by atoms with Crippen molar-refractivity contribution in [3.05, 3.63) is 39.9 Å². The third kappa shape index (κ3) is 7.27. The standard InChI is InChI=1S/C21H29N2O8SSi/c1-13(31-20(26)29-11-14-7-9-15(10-8-14)23(27)28)17-18(21(2,3)4)22(19(17)25)32-16(24)12-30-33(5)6/h7-10,13,17-18H,11-12H2,1-6H3/t13-,17-,18-/m1/s1. The van der Waals surface area contributed by atoms with Crippen LogP contribution in [-0.2, 0) is 30.1 Å². The molecule has 1 aliphatic rings. The van der Waals surface area contributed by atoms with Gasteiger partial charge in [-0.05, 0) is 43.1 Å². The van der Waals surface area contributed by atoms with Crippen LogP contribution in [0.15, 0.2) is 24.3 Å². The lowest BCUT2D eigenvalue weighted by molar-refractivity contribution is -0.384. The first-order valence-corrected chi connectivity index (χ1v) is 13.5. The fourth-order valence-corrected chi connectivity index (χ4v) is 5.02. The zero-order valence-electron chi connectivity index (χ0n) is 19.5. The maximum absolute atomic E-state index is 12.8. The van der Waals surface area contributed by atoms with Gasteiger partial charge in [-0.25, -0.2) is 4.79 Å². The van der Waals surface area contributed by atoms with E-state index in [-0.39, 0.29) is 41.4 Å². The molecule has 1 saturated heterocycles. The van der Waals surface area contributed by atoms with Gasteiger partial charge in [-0.3, -0.25) is 24.0 Å². The highest BCUT2D eigenvalue weighted by atomic mass is 32.2. The fraction of sp³-hybridized carbons (Fsp3) is 0.571. The summed E-state index contributed by atoms with van der Waals surface area (Å²) >= 11 is 0.839. The van der Waals surface area contributed by atoms with Gasteiger partial charge in [-0.15, -0.1) is 0 Å². The Morgan fingerprint density at radius 2 is 1.85 bits per heavy atom. The van der Waals surface area contributed by atoms with Crippen molar-refractivity contribution in [2.75, 3.05) is 6.61 Å². The van der Waals surface area contributed by atoms with Gasteiger partial charge in [0.05, 0.1) is 16.9 Å². The molecule has 1 fully saturated rings. The summed E-state index contributed by atoms with van der Waals surface area (Å²) in [5, 5.41) is 10.5.